The van der Waals surface area contributed by atoms with Crippen LogP contribution in [0.1, 0.15) is 143 Å². The Bertz CT molecular complexity index is 2750. The maximum atomic E-state index is 13.5. The fraction of sp³-hybridized carbons (Fsp3) is 0.286. The van der Waals surface area contributed by atoms with Crippen LogP contribution < -0.4 is 18.9 Å². The van der Waals surface area contributed by atoms with E-state index in [2.05, 4.69) is 65.8 Å². The summed E-state index contributed by atoms with van der Waals surface area (Å²) in [7, 11) is 1.69. The second kappa shape index (κ2) is 18.1. The fourth-order valence-electron chi connectivity index (χ4n) is 8.45. The molecule has 8 heteroatoms. The van der Waals surface area contributed by atoms with E-state index in [-0.39, 0.29) is 11.2 Å². The molecule has 6 aromatic carbocycles. The van der Waals surface area contributed by atoms with Crippen molar-refractivity contribution in [3.8, 4) is 23.0 Å². The highest BCUT2D eigenvalue weighted by Gasteiger charge is 2.29. The fourth-order valence-corrected chi connectivity index (χ4v) is 8.45. The largest absolute Gasteiger partial charge is 0.496 e. The van der Waals surface area contributed by atoms with Gasteiger partial charge in [0.2, 0.25) is 0 Å². The molecule has 0 heterocycles. The molecule has 0 unspecified atom stereocenters. The third kappa shape index (κ3) is 9.42. The third-order valence-electron chi connectivity index (χ3n) is 12.4. The number of ketones is 1. The number of methoxy groups -OCH3 is 1. The lowest BCUT2D eigenvalue weighted by Crippen LogP contribution is -2.21. The zero-order chi connectivity index (χ0) is 47.0. The van der Waals surface area contributed by atoms with Crippen LogP contribution in [0.2, 0.25) is 0 Å². The first kappa shape index (κ1) is 46.7. The second-order valence-electron chi connectivity index (χ2n) is 18.1. The van der Waals surface area contributed by atoms with E-state index in [1.165, 1.54) is 12.5 Å². The second-order valence-corrected chi connectivity index (χ2v) is 18.1. The van der Waals surface area contributed by atoms with Crippen LogP contribution in [0.5, 0.6) is 23.0 Å². The Kier molecular flexibility index (Phi) is 13.2. The van der Waals surface area contributed by atoms with E-state index in [1.54, 1.807) is 55.6 Å². The molecule has 0 spiro atoms. The van der Waals surface area contributed by atoms with Gasteiger partial charge < -0.3 is 18.9 Å². The normalized spacial score (nSPS) is 11.5. The van der Waals surface area contributed by atoms with E-state index in [0.29, 0.717) is 39.5 Å². The van der Waals surface area contributed by atoms with Gasteiger partial charge >= 0.3 is 17.9 Å². The number of aryl methyl sites for hydroxylation is 8. The smallest absolute Gasteiger partial charge is 0.343 e. The zero-order valence-electron chi connectivity index (χ0n) is 39.5. The van der Waals surface area contributed by atoms with Crippen molar-refractivity contribution in [3.63, 3.8) is 0 Å². The highest BCUT2D eigenvalue weighted by Crippen LogP contribution is 2.41. The van der Waals surface area contributed by atoms with Crippen LogP contribution in [0.3, 0.4) is 0 Å². The highest BCUT2D eigenvalue weighted by molar-refractivity contribution is 5.98. The summed E-state index contributed by atoms with van der Waals surface area (Å²) >= 11 is 0. The first-order valence-electron chi connectivity index (χ1n) is 21.4. The monoisotopic (exact) mass is 858 g/mol. The van der Waals surface area contributed by atoms with Crippen LogP contribution in [0.4, 0.5) is 0 Å². The quantitative estimate of drug-likeness (QED) is 0.0680. The van der Waals surface area contributed by atoms with Gasteiger partial charge in [-0.1, -0.05) is 88.4 Å². The molecule has 0 atom stereocenters. The van der Waals surface area contributed by atoms with Gasteiger partial charge in [-0.25, -0.2) is 14.4 Å². The van der Waals surface area contributed by atoms with Gasteiger partial charge in [0, 0.05) is 16.4 Å². The van der Waals surface area contributed by atoms with E-state index < -0.39 is 23.3 Å². The van der Waals surface area contributed by atoms with Crippen LogP contribution in [0.25, 0.3) is 0 Å². The molecule has 0 aliphatic rings. The number of Topliss-reactive ketones (excluding diaryl/α,β-unsaturated/α-hetero) is 1. The summed E-state index contributed by atoms with van der Waals surface area (Å²) < 4.78 is 23.4. The summed E-state index contributed by atoms with van der Waals surface area (Å²) in [6.07, 6.45) is 0. The summed E-state index contributed by atoms with van der Waals surface area (Å²) in [6.45, 7) is 25.7. The lowest BCUT2D eigenvalue weighted by Gasteiger charge is -2.29. The number of ether oxygens (including phenoxy) is 4. The van der Waals surface area contributed by atoms with Gasteiger partial charge in [-0.05, 0) is 165 Å². The molecule has 0 fully saturated rings. The molecule has 0 aliphatic heterocycles. The van der Waals surface area contributed by atoms with Gasteiger partial charge in [-0.15, -0.1) is 0 Å². The van der Waals surface area contributed by atoms with Crippen molar-refractivity contribution in [2.45, 2.75) is 101 Å². The summed E-state index contributed by atoms with van der Waals surface area (Å²) in [4.78, 5) is 51.9. The standard InChI is InChI=1S/C56H58O8/c1-31-22-44(23-32(2)48(31)61-14)55(10,11)45-24-33(3)49(34(4)25-45)62-52(58)40-18-20-41(21-19-40)53(59)63-50-35(5)26-46(27-36(50)6)56(12,13)47-28-37(7)51(38(8)29-47)64-54(60)43-17-15-16-42(30-43)39(9)57/h15-30H,1-14H3. The minimum Gasteiger partial charge on any atom is -0.496 e. The lowest BCUT2D eigenvalue weighted by atomic mass is 9.76. The van der Waals surface area contributed by atoms with E-state index >= 15 is 0 Å². The van der Waals surface area contributed by atoms with Crippen molar-refractivity contribution in [1.82, 2.24) is 0 Å². The molecule has 0 saturated carbocycles. The van der Waals surface area contributed by atoms with Crippen molar-refractivity contribution in [2.24, 2.45) is 0 Å². The first-order valence-corrected chi connectivity index (χ1v) is 21.4. The van der Waals surface area contributed by atoms with Crippen molar-refractivity contribution in [1.29, 1.82) is 0 Å². The Balaban J connectivity index is 1.13. The molecule has 6 aromatic rings. The molecule has 8 nitrogen and oxygen atoms in total. The summed E-state index contributed by atoms with van der Waals surface area (Å²) in [5.74, 6) is 0.602. The number of hydrogen-bond donors (Lipinski definition) is 0. The number of carbonyl (C=O) groups is 4. The maximum Gasteiger partial charge on any atom is 0.343 e. The van der Waals surface area contributed by atoms with Crippen LogP contribution >= 0.6 is 0 Å². The number of rotatable bonds is 12. The van der Waals surface area contributed by atoms with Gasteiger partial charge in [-0.3, -0.25) is 4.79 Å². The van der Waals surface area contributed by atoms with Gasteiger partial charge in [0.1, 0.15) is 23.0 Å². The molecule has 0 radical (unpaired) electrons. The number of esters is 3. The predicted octanol–water partition coefficient (Wildman–Crippen LogP) is 12.7. The molecular weight excluding hydrogens is 801 g/mol. The van der Waals surface area contributed by atoms with Gasteiger partial charge in [0.15, 0.2) is 5.78 Å². The van der Waals surface area contributed by atoms with Crippen LogP contribution in [-0.2, 0) is 10.8 Å². The van der Waals surface area contributed by atoms with Crippen molar-refractivity contribution < 1.29 is 38.1 Å². The number of benzene rings is 6. The Morgan fingerprint density at radius 1 is 0.375 bits per heavy atom. The van der Waals surface area contributed by atoms with Gasteiger partial charge in [0.05, 0.1) is 23.8 Å². The lowest BCUT2D eigenvalue weighted by molar-refractivity contribution is 0.0718. The molecule has 0 bridgehead atoms. The van der Waals surface area contributed by atoms with E-state index in [4.69, 9.17) is 18.9 Å². The van der Waals surface area contributed by atoms with Gasteiger partial charge in [0.25, 0.3) is 0 Å². The Hall–Kier alpha value is -6.80. The van der Waals surface area contributed by atoms with E-state index in [1.807, 2.05) is 65.8 Å². The Morgan fingerprint density at radius 3 is 0.922 bits per heavy atom. The van der Waals surface area contributed by atoms with E-state index in [9.17, 15) is 19.2 Å². The predicted molar refractivity (Wildman–Crippen MR) is 252 cm³/mol. The molecule has 6 rings (SSSR count). The minimum absolute atomic E-state index is 0.128. The Morgan fingerprint density at radius 2 is 0.641 bits per heavy atom. The molecule has 0 aliphatic carbocycles. The molecule has 330 valence electrons. The zero-order valence-corrected chi connectivity index (χ0v) is 39.5. The summed E-state index contributed by atoms with van der Waals surface area (Å²) in [5.41, 5.74) is 11.9. The van der Waals surface area contributed by atoms with Crippen molar-refractivity contribution in [3.05, 3.63) is 186 Å². The van der Waals surface area contributed by atoms with Gasteiger partial charge in [-0.2, -0.15) is 0 Å². The van der Waals surface area contributed by atoms with Crippen LogP contribution in [0.15, 0.2) is 97.1 Å². The number of hydrogen-bond acceptors (Lipinski definition) is 8. The first-order chi connectivity index (χ1) is 30.0. The third-order valence-corrected chi connectivity index (χ3v) is 12.4. The summed E-state index contributed by atoms with van der Waals surface area (Å²) in [6, 6.07) is 29.4. The average Bonchev–Trinajstić information content (AvgIpc) is 3.24. The van der Waals surface area contributed by atoms with E-state index in [0.717, 1.165) is 66.9 Å². The summed E-state index contributed by atoms with van der Waals surface area (Å²) in [5, 5.41) is 0. The topological polar surface area (TPSA) is 105 Å². The average molecular weight is 859 g/mol. The molecular formula is C56H58O8. The molecule has 64 heavy (non-hydrogen) atoms. The van der Waals surface area contributed by atoms with Crippen molar-refractivity contribution in [2.75, 3.05) is 7.11 Å². The SMILES string of the molecule is COc1c(C)cc(C(C)(C)c2cc(C)c(OC(=O)c3ccc(C(=O)Oc4c(C)cc(C(C)(C)c5cc(C)c(OC(=O)c6cccc(C(C)=O)c6)c(C)c5)cc4C)cc3)c(C)c2)cc1C. The maximum absolute atomic E-state index is 13.5. The number of carbonyl (C=O) groups excluding carboxylic acids is 4. The minimum atomic E-state index is -0.547. The highest BCUT2D eigenvalue weighted by atomic mass is 16.5. The molecule has 0 aromatic heterocycles. The van der Waals surface area contributed by atoms with Crippen molar-refractivity contribution >= 4 is 23.7 Å². The van der Waals surface area contributed by atoms with Crippen LogP contribution in [0, 0.1) is 55.4 Å². The molecule has 0 N–H and O–H groups in total. The molecule has 0 amide bonds. The molecule has 0 saturated heterocycles. The van der Waals surface area contributed by atoms with Crippen LogP contribution in [-0.4, -0.2) is 30.8 Å². The Labute approximate surface area is 377 Å².